The van der Waals surface area contributed by atoms with Gasteiger partial charge in [-0.25, -0.2) is 14.6 Å². The highest BCUT2D eigenvalue weighted by atomic mass is 15.3. The molecule has 2 N–H and O–H groups in total. The molecule has 5 heteroatoms. The van der Waals surface area contributed by atoms with Gasteiger partial charge in [-0.15, -0.1) is 0 Å². The minimum atomic E-state index is -0.148. The standard InChI is InChI=1S/C15H23N5/c1-9(2)11-7-8-20(19-11)13-10(3)12(16)17-14(18-13)15(4,5)6/h7-9H,1-6H3,(H2,16,17,18). The number of hydrogen-bond donors (Lipinski definition) is 1. The molecule has 0 aliphatic heterocycles. The zero-order valence-corrected chi connectivity index (χ0v) is 13.1. The molecule has 108 valence electrons. The molecule has 0 bridgehead atoms. The van der Waals surface area contributed by atoms with Gasteiger partial charge < -0.3 is 5.73 Å². The van der Waals surface area contributed by atoms with E-state index in [1.54, 1.807) is 4.68 Å². The van der Waals surface area contributed by atoms with E-state index in [2.05, 4.69) is 49.7 Å². The lowest BCUT2D eigenvalue weighted by Gasteiger charge is -2.19. The summed E-state index contributed by atoms with van der Waals surface area (Å²) in [6, 6.07) is 2.01. The molecule has 0 unspecified atom stereocenters. The molecule has 0 atom stereocenters. The Bertz CT molecular complexity index is 620. The maximum absolute atomic E-state index is 6.03. The molecule has 2 rings (SSSR count). The summed E-state index contributed by atoms with van der Waals surface area (Å²) in [5.74, 6) is 2.39. The van der Waals surface area contributed by atoms with Crippen molar-refractivity contribution in [2.75, 3.05) is 5.73 Å². The molecule has 0 fully saturated rings. The van der Waals surface area contributed by atoms with Gasteiger partial charge in [-0.1, -0.05) is 34.6 Å². The maximum atomic E-state index is 6.03. The van der Waals surface area contributed by atoms with Crippen LogP contribution in [0.3, 0.4) is 0 Å². The predicted molar refractivity (Wildman–Crippen MR) is 81.1 cm³/mol. The Labute approximate surface area is 120 Å². The fourth-order valence-corrected chi connectivity index (χ4v) is 1.84. The largest absolute Gasteiger partial charge is 0.383 e. The molecule has 5 nitrogen and oxygen atoms in total. The summed E-state index contributed by atoms with van der Waals surface area (Å²) >= 11 is 0. The highest BCUT2D eigenvalue weighted by molar-refractivity contribution is 5.48. The van der Waals surface area contributed by atoms with Crippen molar-refractivity contribution in [3.63, 3.8) is 0 Å². The van der Waals surface area contributed by atoms with Crippen LogP contribution < -0.4 is 5.73 Å². The van der Waals surface area contributed by atoms with Crippen LogP contribution in [0.4, 0.5) is 5.82 Å². The third-order valence-corrected chi connectivity index (χ3v) is 3.25. The zero-order chi connectivity index (χ0) is 15.1. The monoisotopic (exact) mass is 273 g/mol. The highest BCUT2D eigenvalue weighted by Crippen LogP contribution is 2.24. The third-order valence-electron chi connectivity index (χ3n) is 3.25. The van der Waals surface area contributed by atoms with Crippen molar-refractivity contribution < 1.29 is 0 Å². The van der Waals surface area contributed by atoms with Crippen LogP contribution in [-0.2, 0) is 5.41 Å². The van der Waals surface area contributed by atoms with Crippen LogP contribution in [0, 0.1) is 6.92 Å². The van der Waals surface area contributed by atoms with Crippen molar-refractivity contribution in [2.24, 2.45) is 0 Å². The second kappa shape index (κ2) is 4.89. The highest BCUT2D eigenvalue weighted by Gasteiger charge is 2.21. The van der Waals surface area contributed by atoms with Crippen molar-refractivity contribution in [3.8, 4) is 5.82 Å². The predicted octanol–water partition coefficient (Wildman–Crippen LogP) is 2.97. The van der Waals surface area contributed by atoms with Gasteiger partial charge in [-0.05, 0) is 18.9 Å². The van der Waals surface area contributed by atoms with Gasteiger partial charge in [0.2, 0.25) is 0 Å². The first-order valence-electron chi connectivity index (χ1n) is 6.90. The first kappa shape index (κ1) is 14.5. The normalized spacial score (nSPS) is 12.2. The molecule has 0 saturated heterocycles. The average Bonchev–Trinajstić information content (AvgIpc) is 2.80. The van der Waals surface area contributed by atoms with Gasteiger partial charge >= 0.3 is 0 Å². The van der Waals surface area contributed by atoms with E-state index in [4.69, 9.17) is 5.73 Å². The molecule has 0 amide bonds. The minimum Gasteiger partial charge on any atom is -0.383 e. The van der Waals surface area contributed by atoms with Crippen LogP contribution in [0.2, 0.25) is 0 Å². The Morgan fingerprint density at radius 2 is 1.85 bits per heavy atom. The van der Waals surface area contributed by atoms with Gasteiger partial charge in [-0.3, -0.25) is 0 Å². The van der Waals surface area contributed by atoms with Gasteiger partial charge in [0.15, 0.2) is 5.82 Å². The molecule has 0 aliphatic rings. The molecular formula is C15H23N5. The molecule has 2 heterocycles. The van der Waals surface area contributed by atoms with Gasteiger partial charge in [-0.2, -0.15) is 5.10 Å². The van der Waals surface area contributed by atoms with Crippen LogP contribution >= 0.6 is 0 Å². The SMILES string of the molecule is Cc1c(N)nc(C(C)(C)C)nc1-n1ccc(C(C)C)n1. The Balaban J connectivity index is 2.57. The van der Waals surface area contributed by atoms with Crippen LogP contribution in [0.5, 0.6) is 0 Å². The van der Waals surface area contributed by atoms with Crippen molar-refractivity contribution in [1.82, 2.24) is 19.7 Å². The van der Waals surface area contributed by atoms with E-state index in [9.17, 15) is 0 Å². The number of nitrogen functional groups attached to an aromatic ring is 1. The Morgan fingerprint density at radius 3 is 2.35 bits per heavy atom. The lowest BCUT2D eigenvalue weighted by Crippen LogP contribution is -2.20. The van der Waals surface area contributed by atoms with Gasteiger partial charge in [0.1, 0.15) is 11.6 Å². The summed E-state index contributed by atoms with van der Waals surface area (Å²) in [4.78, 5) is 9.05. The summed E-state index contributed by atoms with van der Waals surface area (Å²) in [5, 5.41) is 4.58. The van der Waals surface area contributed by atoms with Gasteiger partial charge in [0, 0.05) is 17.2 Å². The van der Waals surface area contributed by atoms with Crippen LogP contribution in [0.25, 0.3) is 5.82 Å². The topological polar surface area (TPSA) is 69.6 Å². The number of hydrogen-bond acceptors (Lipinski definition) is 4. The van der Waals surface area contributed by atoms with E-state index in [0.717, 1.165) is 22.9 Å². The van der Waals surface area contributed by atoms with E-state index in [1.807, 2.05) is 19.2 Å². The van der Waals surface area contributed by atoms with Crippen molar-refractivity contribution in [2.45, 2.75) is 52.9 Å². The summed E-state index contributed by atoms with van der Waals surface area (Å²) in [6.07, 6.45) is 1.93. The quantitative estimate of drug-likeness (QED) is 0.913. The van der Waals surface area contributed by atoms with E-state index in [0.29, 0.717) is 11.7 Å². The fourth-order valence-electron chi connectivity index (χ4n) is 1.84. The van der Waals surface area contributed by atoms with Crippen LogP contribution in [-0.4, -0.2) is 19.7 Å². The molecular weight excluding hydrogens is 250 g/mol. The number of nitrogens with zero attached hydrogens (tertiary/aromatic N) is 4. The lowest BCUT2D eigenvalue weighted by atomic mass is 9.95. The molecule has 0 aliphatic carbocycles. The van der Waals surface area contributed by atoms with Gasteiger partial charge in [0.05, 0.1) is 5.69 Å². The molecule has 0 aromatic carbocycles. The number of anilines is 1. The molecule has 0 saturated carbocycles. The van der Waals surface area contributed by atoms with Crippen LogP contribution in [0.15, 0.2) is 12.3 Å². The van der Waals surface area contributed by atoms with Gasteiger partial charge in [0.25, 0.3) is 0 Å². The first-order chi connectivity index (χ1) is 9.20. The second-order valence-corrected chi connectivity index (χ2v) is 6.47. The van der Waals surface area contributed by atoms with Crippen molar-refractivity contribution in [1.29, 1.82) is 0 Å². The molecule has 0 radical (unpaired) electrons. The number of rotatable bonds is 2. The molecule has 2 aromatic rings. The van der Waals surface area contributed by atoms with Crippen molar-refractivity contribution >= 4 is 5.82 Å². The maximum Gasteiger partial charge on any atom is 0.162 e. The molecule has 0 spiro atoms. The summed E-state index contributed by atoms with van der Waals surface area (Å²) in [6.45, 7) is 12.4. The zero-order valence-electron chi connectivity index (χ0n) is 13.1. The first-order valence-corrected chi connectivity index (χ1v) is 6.90. The third kappa shape index (κ3) is 2.66. The summed E-state index contributed by atoms with van der Waals surface area (Å²) in [7, 11) is 0. The summed E-state index contributed by atoms with van der Waals surface area (Å²) < 4.78 is 1.79. The van der Waals surface area contributed by atoms with E-state index >= 15 is 0 Å². The Kier molecular flexibility index (Phi) is 3.54. The second-order valence-electron chi connectivity index (χ2n) is 6.47. The van der Waals surface area contributed by atoms with E-state index in [1.165, 1.54) is 0 Å². The Morgan fingerprint density at radius 1 is 1.20 bits per heavy atom. The molecule has 20 heavy (non-hydrogen) atoms. The fraction of sp³-hybridized carbons (Fsp3) is 0.533. The Hall–Kier alpha value is -1.91. The summed E-state index contributed by atoms with van der Waals surface area (Å²) in [5.41, 5.74) is 7.78. The van der Waals surface area contributed by atoms with E-state index < -0.39 is 0 Å². The molecule has 2 aromatic heterocycles. The minimum absolute atomic E-state index is 0.148. The number of aromatic nitrogens is 4. The van der Waals surface area contributed by atoms with Crippen molar-refractivity contribution in [3.05, 3.63) is 29.3 Å². The number of nitrogens with two attached hydrogens (primary N) is 1. The smallest absolute Gasteiger partial charge is 0.162 e. The van der Waals surface area contributed by atoms with Crippen LogP contribution in [0.1, 0.15) is 57.6 Å². The average molecular weight is 273 g/mol. The lowest BCUT2D eigenvalue weighted by molar-refractivity contribution is 0.542. The van der Waals surface area contributed by atoms with E-state index in [-0.39, 0.29) is 5.41 Å².